The lowest BCUT2D eigenvalue weighted by molar-refractivity contribution is -0.133. The van der Waals surface area contributed by atoms with Gasteiger partial charge >= 0.3 is 5.97 Å². The van der Waals surface area contributed by atoms with E-state index < -0.39 is 5.97 Å². The van der Waals surface area contributed by atoms with Gasteiger partial charge < -0.3 is 9.52 Å². The Morgan fingerprint density at radius 1 is 1.61 bits per heavy atom. The van der Waals surface area contributed by atoms with Gasteiger partial charge in [-0.15, -0.1) is 10.2 Å². The van der Waals surface area contributed by atoms with Crippen LogP contribution in [0.2, 0.25) is 0 Å². The van der Waals surface area contributed by atoms with E-state index in [1.165, 1.54) is 6.33 Å². The number of hydrogen-bond acceptors (Lipinski definition) is 6. The number of rotatable bonds is 6. The van der Waals surface area contributed by atoms with E-state index in [0.29, 0.717) is 17.6 Å². The molecule has 0 fully saturated rings. The number of aryl methyl sites for hydroxylation is 1. The summed E-state index contributed by atoms with van der Waals surface area (Å²) in [5.74, 6) is 0.436. The minimum Gasteiger partial charge on any atom is -0.481 e. The third kappa shape index (κ3) is 3.10. The normalized spacial score (nSPS) is 10.7. The fraction of sp³-hybridized carbons (Fsp3) is 0.400. The summed E-state index contributed by atoms with van der Waals surface area (Å²) < 4.78 is 7.18. The average molecular weight is 268 g/mol. The second-order valence-corrected chi connectivity index (χ2v) is 4.44. The van der Waals surface area contributed by atoms with Crippen molar-refractivity contribution >= 4 is 17.7 Å². The molecule has 0 saturated carbocycles. The quantitative estimate of drug-likeness (QED) is 0.782. The lowest BCUT2D eigenvalue weighted by atomic mass is 10.4. The Morgan fingerprint density at radius 3 is 3.11 bits per heavy atom. The van der Waals surface area contributed by atoms with Gasteiger partial charge in [-0.2, -0.15) is 0 Å². The summed E-state index contributed by atoms with van der Waals surface area (Å²) in [5, 5.41) is 16.8. The number of carboxylic acid groups (broad SMARTS) is 1. The van der Waals surface area contributed by atoms with Crippen LogP contribution in [0.5, 0.6) is 0 Å². The summed E-state index contributed by atoms with van der Waals surface area (Å²) in [5.41, 5.74) is 0. The number of carbonyl (C=O) groups is 1. The molecule has 0 amide bonds. The largest absolute Gasteiger partial charge is 0.481 e. The first kappa shape index (κ1) is 12.6. The lowest BCUT2D eigenvalue weighted by Gasteiger charge is -2.01. The average Bonchev–Trinajstić information content (AvgIpc) is 2.96. The molecule has 0 unspecified atom stereocenters. The smallest absolute Gasteiger partial charge is 0.313 e. The molecule has 2 heterocycles. The third-order valence-electron chi connectivity index (χ3n) is 2.16. The molecule has 2 aromatic rings. The van der Waals surface area contributed by atoms with Gasteiger partial charge in [0.1, 0.15) is 18.6 Å². The van der Waals surface area contributed by atoms with E-state index in [2.05, 4.69) is 15.2 Å². The van der Waals surface area contributed by atoms with Crippen molar-refractivity contribution in [3.63, 3.8) is 0 Å². The van der Waals surface area contributed by atoms with Crippen molar-refractivity contribution in [1.29, 1.82) is 0 Å². The zero-order valence-corrected chi connectivity index (χ0v) is 10.6. The van der Waals surface area contributed by atoms with Gasteiger partial charge in [0.2, 0.25) is 5.89 Å². The second kappa shape index (κ2) is 5.67. The van der Waals surface area contributed by atoms with Gasteiger partial charge in [-0.05, 0) is 0 Å². The molecule has 0 atom stereocenters. The fourth-order valence-corrected chi connectivity index (χ4v) is 1.96. The highest BCUT2D eigenvalue weighted by molar-refractivity contribution is 7.99. The van der Waals surface area contributed by atoms with E-state index in [1.807, 2.05) is 6.92 Å². The van der Waals surface area contributed by atoms with Gasteiger partial charge in [0, 0.05) is 6.42 Å². The Hall–Kier alpha value is -1.83. The van der Waals surface area contributed by atoms with Crippen molar-refractivity contribution in [1.82, 2.24) is 19.7 Å². The molecule has 0 aliphatic carbocycles. The maximum atomic E-state index is 10.5. The van der Waals surface area contributed by atoms with Crippen molar-refractivity contribution in [2.45, 2.75) is 25.0 Å². The highest BCUT2D eigenvalue weighted by Gasteiger charge is 2.10. The number of aromatic nitrogens is 4. The number of nitrogens with zero attached hydrogens (tertiary/aromatic N) is 4. The van der Waals surface area contributed by atoms with Gasteiger partial charge in [-0.25, -0.2) is 4.98 Å². The standard InChI is InChI=1S/C10H12N4O3S/c1-2-7-3-11-8(17-7)4-14-6-12-13-10(14)18-5-9(15)16/h3,6H,2,4-5H2,1H3,(H,15,16). The predicted molar refractivity (Wildman–Crippen MR) is 63.4 cm³/mol. The molecule has 2 rings (SSSR count). The number of thioether (sulfide) groups is 1. The SMILES string of the molecule is CCc1cnc(Cn2cnnc2SCC(=O)O)o1. The van der Waals surface area contributed by atoms with Crippen molar-refractivity contribution in [3.05, 3.63) is 24.2 Å². The molecule has 0 aliphatic heterocycles. The molecule has 0 radical (unpaired) electrons. The number of aliphatic carboxylic acids is 1. The van der Waals surface area contributed by atoms with E-state index in [9.17, 15) is 4.79 Å². The molecule has 0 aliphatic rings. The van der Waals surface area contributed by atoms with Crippen molar-refractivity contribution < 1.29 is 14.3 Å². The highest BCUT2D eigenvalue weighted by atomic mass is 32.2. The van der Waals surface area contributed by atoms with Crippen LogP contribution < -0.4 is 0 Å². The first-order valence-electron chi connectivity index (χ1n) is 5.35. The Bertz CT molecular complexity index is 537. The topological polar surface area (TPSA) is 94.0 Å². The molecule has 1 N–H and O–H groups in total. The van der Waals surface area contributed by atoms with Crippen LogP contribution in [0.25, 0.3) is 0 Å². The van der Waals surface area contributed by atoms with Crippen LogP contribution in [0.1, 0.15) is 18.6 Å². The Labute approximate surface area is 107 Å². The van der Waals surface area contributed by atoms with Gasteiger partial charge in [-0.1, -0.05) is 18.7 Å². The van der Waals surface area contributed by atoms with Gasteiger partial charge in [0.15, 0.2) is 5.16 Å². The minimum atomic E-state index is -0.890. The molecule has 2 aromatic heterocycles. The van der Waals surface area contributed by atoms with Crippen LogP contribution in [0.15, 0.2) is 22.1 Å². The maximum Gasteiger partial charge on any atom is 0.313 e. The molecule has 0 bridgehead atoms. The van der Waals surface area contributed by atoms with E-state index >= 15 is 0 Å². The van der Waals surface area contributed by atoms with Crippen molar-refractivity contribution in [2.24, 2.45) is 0 Å². The summed E-state index contributed by atoms with van der Waals surface area (Å²) in [6, 6.07) is 0. The van der Waals surface area contributed by atoms with Crippen LogP contribution in [-0.2, 0) is 17.8 Å². The Balaban J connectivity index is 2.04. The van der Waals surface area contributed by atoms with E-state index in [1.54, 1.807) is 10.8 Å². The zero-order valence-electron chi connectivity index (χ0n) is 9.74. The zero-order chi connectivity index (χ0) is 13.0. The molecular formula is C10H12N4O3S. The molecular weight excluding hydrogens is 256 g/mol. The summed E-state index contributed by atoms with van der Waals surface area (Å²) in [7, 11) is 0. The number of oxazole rings is 1. The summed E-state index contributed by atoms with van der Waals surface area (Å²) in [6.45, 7) is 2.38. The lowest BCUT2D eigenvalue weighted by Crippen LogP contribution is -2.03. The predicted octanol–water partition coefficient (Wildman–Crippen LogP) is 1.05. The second-order valence-electron chi connectivity index (χ2n) is 3.50. The van der Waals surface area contributed by atoms with E-state index in [4.69, 9.17) is 9.52 Å². The van der Waals surface area contributed by atoms with Crippen molar-refractivity contribution in [3.8, 4) is 0 Å². The third-order valence-corrected chi connectivity index (χ3v) is 3.13. The molecule has 96 valence electrons. The monoisotopic (exact) mass is 268 g/mol. The summed E-state index contributed by atoms with van der Waals surface area (Å²) >= 11 is 1.11. The van der Waals surface area contributed by atoms with Crippen LogP contribution in [0.3, 0.4) is 0 Å². The molecule has 0 aromatic carbocycles. The highest BCUT2D eigenvalue weighted by Crippen LogP contribution is 2.16. The summed E-state index contributed by atoms with van der Waals surface area (Å²) in [6.07, 6.45) is 4.00. The maximum absolute atomic E-state index is 10.5. The van der Waals surface area contributed by atoms with Gasteiger partial charge in [-0.3, -0.25) is 9.36 Å². The molecule has 8 heteroatoms. The molecule has 0 saturated heterocycles. The molecule has 18 heavy (non-hydrogen) atoms. The van der Waals surface area contributed by atoms with E-state index in [0.717, 1.165) is 23.9 Å². The van der Waals surface area contributed by atoms with Crippen molar-refractivity contribution in [2.75, 3.05) is 5.75 Å². The van der Waals surface area contributed by atoms with Crippen LogP contribution in [-0.4, -0.2) is 36.6 Å². The fourth-order valence-electron chi connectivity index (χ4n) is 1.32. The molecule has 0 spiro atoms. The van der Waals surface area contributed by atoms with Gasteiger partial charge in [0.05, 0.1) is 11.9 Å². The molecule has 7 nitrogen and oxygen atoms in total. The van der Waals surface area contributed by atoms with Crippen LogP contribution in [0, 0.1) is 0 Å². The van der Waals surface area contributed by atoms with Crippen LogP contribution in [0.4, 0.5) is 0 Å². The minimum absolute atomic E-state index is 0.0511. The Kier molecular flexibility index (Phi) is 3.98. The number of carboxylic acids is 1. The van der Waals surface area contributed by atoms with Crippen LogP contribution >= 0.6 is 11.8 Å². The Morgan fingerprint density at radius 2 is 2.44 bits per heavy atom. The summed E-state index contributed by atoms with van der Waals surface area (Å²) in [4.78, 5) is 14.6. The first-order chi connectivity index (χ1) is 8.69. The number of hydrogen-bond donors (Lipinski definition) is 1. The van der Waals surface area contributed by atoms with E-state index in [-0.39, 0.29) is 5.75 Å². The van der Waals surface area contributed by atoms with Gasteiger partial charge in [0.25, 0.3) is 0 Å². The first-order valence-corrected chi connectivity index (χ1v) is 6.33.